The van der Waals surface area contributed by atoms with Crippen molar-refractivity contribution in [1.82, 2.24) is 24.4 Å². The molecule has 4 heterocycles. The number of aromatic nitrogens is 4. The molecule has 3 N–H and O–H groups in total. The minimum Gasteiger partial charge on any atom is -0.345 e. The summed E-state index contributed by atoms with van der Waals surface area (Å²) in [6.45, 7) is 1.92. The molecule has 0 amide bonds. The monoisotopic (exact) mass is 436 g/mol. The fourth-order valence-electron chi connectivity index (χ4n) is 3.57. The highest BCUT2D eigenvalue weighted by Gasteiger charge is 2.39. The number of aromatic amines is 1. The smallest absolute Gasteiger partial charge is 0.345 e. The van der Waals surface area contributed by atoms with E-state index in [-0.39, 0.29) is 30.6 Å². The summed E-state index contributed by atoms with van der Waals surface area (Å²) in [6.07, 6.45) is 0.365. The predicted octanol–water partition coefficient (Wildman–Crippen LogP) is 3.88. The first-order valence-electron chi connectivity index (χ1n) is 8.90. The molecular formula is C18H16ClF3N8. The highest BCUT2D eigenvalue weighted by atomic mass is 35.5. The number of H-pyrrole nitrogens is 1. The lowest BCUT2D eigenvalue weighted by Gasteiger charge is -2.35. The lowest BCUT2D eigenvalue weighted by Crippen LogP contribution is -2.42. The molecule has 0 aromatic carbocycles. The van der Waals surface area contributed by atoms with Crippen LogP contribution < -0.4 is 0 Å². The van der Waals surface area contributed by atoms with E-state index in [1.54, 1.807) is 24.1 Å². The number of alkyl halides is 3. The van der Waals surface area contributed by atoms with Gasteiger partial charge >= 0.3 is 6.18 Å². The van der Waals surface area contributed by atoms with Gasteiger partial charge in [-0.05, 0) is 13.0 Å². The van der Waals surface area contributed by atoms with Gasteiger partial charge in [-0.3, -0.25) is 5.41 Å². The number of rotatable bonds is 2. The van der Waals surface area contributed by atoms with Crippen LogP contribution in [0.2, 0.25) is 5.02 Å². The van der Waals surface area contributed by atoms with Crippen molar-refractivity contribution in [2.75, 3.05) is 6.54 Å². The van der Waals surface area contributed by atoms with Gasteiger partial charge in [0.15, 0.2) is 5.84 Å². The number of pyridine rings is 1. The number of nitrogens with one attached hydrogen (secondary N) is 3. The van der Waals surface area contributed by atoms with Gasteiger partial charge in [0.1, 0.15) is 23.0 Å². The van der Waals surface area contributed by atoms with Gasteiger partial charge in [0.2, 0.25) is 0 Å². The molecule has 8 nitrogen and oxygen atoms in total. The Morgan fingerprint density at radius 2 is 2.10 bits per heavy atom. The van der Waals surface area contributed by atoms with Crippen molar-refractivity contribution >= 4 is 40.5 Å². The van der Waals surface area contributed by atoms with Gasteiger partial charge in [0.05, 0.1) is 23.5 Å². The van der Waals surface area contributed by atoms with E-state index in [0.717, 1.165) is 17.0 Å². The first kappa shape index (κ1) is 20.1. The van der Waals surface area contributed by atoms with Gasteiger partial charge in [-0.2, -0.15) is 13.2 Å². The molecule has 3 aromatic heterocycles. The summed E-state index contributed by atoms with van der Waals surface area (Å²) in [4.78, 5) is 16.9. The zero-order chi connectivity index (χ0) is 21.6. The third kappa shape index (κ3) is 3.34. The zero-order valence-corrected chi connectivity index (χ0v) is 16.4. The Labute approximate surface area is 173 Å². The Balaban J connectivity index is 1.66. The second-order valence-electron chi connectivity index (χ2n) is 6.74. The van der Waals surface area contributed by atoms with Crippen molar-refractivity contribution in [2.45, 2.75) is 25.7 Å². The third-order valence-corrected chi connectivity index (χ3v) is 5.19. The third-order valence-electron chi connectivity index (χ3n) is 4.99. The first-order valence-corrected chi connectivity index (χ1v) is 9.28. The molecule has 0 spiro atoms. The van der Waals surface area contributed by atoms with E-state index in [4.69, 9.17) is 22.4 Å². The molecule has 1 atom stereocenters. The van der Waals surface area contributed by atoms with Gasteiger partial charge in [-0.15, -0.1) is 0 Å². The minimum absolute atomic E-state index is 0.0430. The van der Waals surface area contributed by atoms with Crippen molar-refractivity contribution in [3.05, 3.63) is 46.8 Å². The SMILES string of the molecule is CC1c2ncc(C(F)(F)F)n2CCN1/C(C=N)=N/C(=N)c1c[nH]c2ncc(Cl)cc12. The van der Waals surface area contributed by atoms with E-state index in [1.807, 2.05) is 0 Å². The van der Waals surface area contributed by atoms with Crippen LogP contribution >= 0.6 is 11.6 Å². The topological polar surface area (TPSA) is 110 Å². The van der Waals surface area contributed by atoms with E-state index in [0.29, 0.717) is 21.6 Å². The Morgan fingerprint density at radius 3 is 2.80 bits per heavy atom. The van der Waals surface area contributed by atoms with E-state index < -0.39 is 17.9 Å². The fraction of sp³-hybridized carbons (Fsp3) is 0.278. The molecule has 0 radical (unpaired) electrons. The van der Waals surface area contributed by atoms with Crippen molar-refractivity contribution < 1.29 is 13.2 Å². The molecule has 0 bridgehead atoms. The van der Waals surface area contributed by atoms with Crippen LogP contribution in [0, 0.1) is 10.8 Å². The number of imidazole rings is 1. The Morgan fingerprint density at radius 1 is 1.33 bits per heavy atom. The molecule has 4 rings (SSSR count). The number of amidine groups is 2. The standard InChI is InChI=1S/C18H16ClF3N8/c1-9-17-27-8-13(18(20,21)22)30(17)3-2-29(9)14(5-23)28-15(24)12-7-26-16-11(12)4-10(19)6-25-16/h4-9,23-24H,2-3H2,1H3,(H,25,26)/b23-5?,24-15?,28-14+. The highest BCUT2D eigenvalue weighted by molar-refractivity contribution is 6.32. The molecule has 0 aliphatic carbocycles. The first-order chi connectivity index (χ1) is 14.2. The number of halogens is 4. The summed E-state index contributed by atoms with van der Waals surface area (Å²) in [5.41, 5.74) is 0.192. The summed E-state index contributed by atoms with van der Waals surface area (Å²) in [5.74, 6) is 0.262. The van der Waals surface area contributed by atoms with E-state index in [2.05, 4.69) is 19.9 Å². The molecule has 156 valence electrons. The summed E-state index contributed by atoms with van der Waals surface area (Å²) in [6, 6.07) is 1.10. The molecule has 1 aliphatic heterocycles. The van der Waals surface area contributed by atoms with Gasteiger partial charge in [-0.1, -0.05) is 11.6 Å². The number of aliphatic imine (C=N–C) groups is 1. The van der Waals surface area contributed by atoms with Crippen LogP contribution in [0.3, 0.4) is 0 Å². The van der Waals surface area contributed by atoms with Gasteiger partial charge in [0, 0.05) is 36.4 Å². The molecule has 12 heteroatoms. The molecule has 3 aromatic rings. The summed E-state index contributed by atoms with van der Waals surface area (Å²) < 4.78 is 40.6. The summed E-state index contributed by atoms with van der Waals surface area (Å²) in [7, 11) is 0. The van der Waals surface area contributed by atoms with Crippen molar-refractivity contribution in [1.29, 1.82) is 10.8 Å². The molecule has 0 saturated heterocycles. The predicted molar refractivity (Wildman–Crippen MR) is 107 cm³/mol. The van der Waals surface area contributed by atoms with Crippen LogP contribution in [0.1, 0.15) is 30.0 Å². The lowest BCUT2D eigenvalue weighted by atomic mass is 10.2. The van der Waals surface area contributed by atoms with Crippen molar-refractivity contribution in [3.8, 4) is 0 Å². The Hall–Kier alpha value is -3.21. The largest absolute Gasteiger partial charge is 0.433 e. The van der Waals surface area contributed by atoms with Crippen LogP contribution in [-0.4, -0.2) is 48.8 Å². The second kappa shape index (κ2) is 7.24. The van der Waals surface area contributed by atoms with Crippen LogP contribution in [0.15, 0.2) is 29.6 Å². The average Bonchev–Trinajstić information content (AvgIpc) is 3.30. The highest BCUT2D eigenvalue weighted by Crippen LogP contribution is 2.34. The zero-order valence-electron chi connectivity index (χ0n) is 15.6. The van der Waals surface area contributed by atoms with Crippen LogP contribution in [0.5, 0.6) is 0 Å². The average molecular weight is 437 g/mol. The Kier molecular flexibility index (Phi) is 4.85. The summed E-state index contributed by atoms with van der Waals surface area (Å²) >= 11 is 5.99. The molecular weight excluding hydrogens is 421 g/mol. The number of hydrogen-bond acceptors (Lipinski definition) is 4. The maximum absolute atomic E-state index is 13.2. The van der Waals surface area contributed by atoms with Gasteiger partial charge < -0.3 is 19.9 Å². The van der Waals surface area contributed by atoms with E-state index in [1.165, 1.54) is 6.20 Å². The molecule has 30 heavy (non-hydrogen) atoms. The minimum atomic E-state index is -4.49. The van der Waals surface area contributed by atoms with Crippen molar-refractivity contribution in [3.63, 3.8) is 0 Å². The van der Waals surface area contributed by atoms with E-state index >= 15 is 0 Å². The van der Waals surface area contributed by atoms with Crippen LogP contribution in [0.4, 0.5) is 13.2 Å². The van der Waals surface area contributed by atoms with E-state index in [9.17, 15) is 13.2 Å². The normalized spacial score (nSPS) is 17.3. The quantitative estimate of drug-likeness (QED) is 0.418. The van der Waals surface area contributed by atoms with Crippen molar-refractivity contribution in [2.24, 2.45) is 4.99 Å². The molecule has 1 aliphatic rings. The van der Waals surface area contributed by atoms with Gasteiger partial charge in [-0.25, -0.2) is 15.0 Å². The van der Waals surface area contributed by atoms with Crippen LogP contribution in [-0.2, 0) is 12.7 Å². The molecule has 1 unspecified atom stereocenters. The Bertz CT molecular complexity index is 1180. The number of nitrogens with zero attached hydrogens (tertiary/aromatic N) is 5. The van der Waals surface area contributed by atoms with Gasteiger partial charge in [0.25, 0.3) is 0 Å². The lowest BCUT2D eigenvalue weighted by molar-refractivity contribution is -0.144. The molecule has 0 saturated carbocycles. The second-order valence-corrected chi connectivity index (χ2v) is 7.17. The summed E-state index contributed by atoms with van der Waals surface area (Å²) in [5, 5.41) is 17.1. The fourth-order valence-corrected chi connectivity index (χ4v) is 3.72. The van der Waals surface area contributed by atoms with Crippen LogP contribution in [0.25, 0.3) is 11.0 Å². The number of hydrogen-bond donors (Lipinski definition) is 3. The number of fused-ring (bicyclic) bond motifs is 2. The molecule has 0 fully saturated rings. The maximum atomic E-state index is 13.2. The maximum Gasteiger partial charge on any atom is 0.433 e.